The van der Waals surface area contributed by atoms with Crippen molar-refractivity contribution < 1.29 is 23.0 Å². The van der Waals surface area contributed by atoms with E-state index in [1.165, 1.54) is 12.4 Å². The van der Waals surface area contributed by atoms with E-state index in [0.29, 0.717) is 50.4 Å². The molecule has 0 atom stereocenters. The number of hydrogen-bond donors (Lipinski definition) is 1. The topological polar surface area (TPSA) is 98.2 Å². The number of hydrogen-bond acceptors (Lipinski definition) is 7. The van der Waals surface area contributed by atoms with Crippen LogP contribution in [0.25, 0.3) is 5.57 Å². The van der Waals surface area contributed by atoms with Crippen molar-refractivity contribution in [2.45, 2.75) is 76.7 Å². The van der Waals surface area contributed by atoms with E-state index in [1.807, 2.05) is 11.0 Å². The second-order valence-electron chi connectivity index (χ2n) is 11.4. The largest absolute Gasteiger partial charge is 0.404 e. The van der Waals surface area contributed by atoms with Gasteiger partial charge < -0.3 is 25.0 Å². The monoisotopic (exact) mass is 568 g/mol. The van der Waals surface area contributed by atoms with Crippen molar-refractivity contribution in [3.63, 3.8) is 0 Å². The summed E-state index contributed by atoms with van der Waals surface area (Å²) in [5.41, 5.74) is 10.4. The predicted molar refractivity (Wildman–Crippen MR) is 152 cm³/mol. The Morgan fingerprint density at radius 1 is 1.20 bits per heavy atom. The van der Waals surface area contributed by atoms with Crippen LogP contribution in [0.15, 0.2) is 23.3 Å². The number of amides is 1. The van der Waals surface area contributed by atoms with E-state index in [4.69, 9.17) is 20.3 Å². The molecule has 1 amide bonds. The zero-order chi connectivity index (χ0) is 28.7. The number of aryl methyl sites for hydroxylation is 1. The van der Waals surface area contributed by atoms with Crippen molar-refractivity contribution in [1.29, 1.82) is 0 Å². The highest BCUT2D eigenvalue weighted by Crippen LogP contribution is 2.45. The molecule has 9 nitrogen and oxygen atoms in total. The molecule has 3 aliphatic heterocycles. The SMILES string of the molecule is CN=C/C(=C\N)c1cc2c(cc1C(F)F)N(c1nn(C3CCC4(CC3)OCCO4)c3c1CN(C(C)=O)CC3)CCC2. The fourth-order valence-corrected chi connectivity index (χ4v) is 6.93. The van der Waals surface area contributed by atoms with Gasteiger partial charge >= 0.3 is 0 Å². The molecule has 11 heteroatoms. The van der Waals surface area contributed by atoms with Crippen LogP contribution < -0.4 is 10.6 Å². The van der Waals surface area contributed by atoms with E-state index < -0.39 is 12.2 Å². The number of nitrogens with two attached hydrogens (primary N) is 1. The fraction of sp³-hybridized carbons (Fsp3) is 0.567. The van der Waals surface area contributed by atoms with Gasteiger partial charge in [0.25, 0.3) is 6.43 Å². The number of carbonyl (C=O) groups excluding carboxylic acids is 1. The molecular weight excluding hydrogens is 530 g/mol. The van der Waals surface area contributed by atoms with Crippen LogP contribution in [0.3, 0.4) is 0 Å². The van der Waals surface area contributed by atoms with Crippen molar-refractivity contribution in [3.05, 3.63) is 46.3 Å². The standard InChI is InChI=1S/C30H38F2N6O3/c1-19(39)36-11-7-26-25(18-36)29(35-38(26)22-5-8-30(9-6-22)40-12-13-41-30)37-10-3-4-20-14-23(21(16-33)17-34-2)24(28(31)32)15-27(20)37/h14-17,22,28H,3-13,18,33H2,1-2H3/b21-16+,34-17?. The molecule has 1 saturated carbocycles. The predicted octanol–water partition coefficient (Wildman–Crippen LogP) is 4.67. The summed E-state index contributed by atoms with van der Waals surface area (Å²) in [6, 6.07) is 3.61. The second-order valence-corrected chi connectivity index (χ2v) is 11.4. The van der Waals surface area contributed by atoms with E-state index in [-0.39, 0.29) is 17.5 Å². The summed E-state index contributed by atoms with van der Waals surface area (Å²) in [6.07, 6.45) is 5.86. The Morgan fingerprint density at radius 2 is 1.95 bits per heavy atom. The molecule has 1 saturated heterocycles. The summed E-state index contributed by atoms with van der Waals surface area (Å²) >= 11 is 0. The summed E-state index contributed by atoms with van der Waals surface area (Å²) in [5.74, 6) is 0.317. The lowest BCUT2D eigenvalue weighted by Gasteiger charge is -2.36. The molecule has 2 aromatic rings. The first-order valence-corrected chi connectivity index (χ1v) is 14.5. The minimum absolute atomic E-state index is 0.0202. The second kappa shape index (κ2) is 11.2. The summed E-state index contributed by atoms with van der Waals surface area (Å²) in [5, 5.41) is 5.21. The number of aromatic nitrogens is 2. The molecule has 1 aliphatic carbocycles. The lowest BCUT2D eigenvalue weighted by Crippen LogP contribution is -2.37. The molecule has 220 valence electrons. The third-order valence-corrected chi connectivity index (χ3v) is 9.01. The van der Waals surface area contributed by atoms with Gasteiger partial charge in [-0.2, -0.15) is 5.10 Å². The Hall–Kier alpha value is -3.31. The van der Waals surface area contributed by atoms with E-state index in [0.717, 1.165) is 66.9 Å². The van der Waals surface area contributed by atoms with Gasteiger partial charge in [0.05, 0.1) is 25.8 Å². The molecule has 2 N–H and O–H groups in total. The number of anilines is 2. The van der Waals surface area contributed by atoms with Crippen LogP contribution in [-0.4, -0.2) is 65.9 Å². The number of allylic oxidation sites excluding steroid dienone is 1. The maximum atomic E-state index is 14.4. The van der Waals surface area contributed by atoms with E-state index in [9.17, 15) is 13.6 Å². The van der Waals surface area contributed by atoms with Gasteiger partial charge in [-0.15, -0.1) is 0 Å². The summed E-state index contributed by atoms with van der Waals surface area (Å²) in [4.78, 5) is 20.3. The summed E-state index contributed by atoms with van der Waals surface area (Å²) < 4.78 is 42.9. The lowest BCUT2D eigenvalue weighted by atomic mass is 9.89. The Morgan fingerprint density at radius 3 is 2.61 bits per heavy atom. The first-order chi connectivity index (χ1) is 19.8. The lowest BCUT2D eigenvalue weighted by molar-refractivity contribution is -0.181. The number of nitrogens with zero attached hydrogens (tertiary/aromatic N) is 5. The van der Waals surface area contributed by atoms with E-state index in [2.05, 4.69) is 14.6 Å². The molecule has 1 spiro atoms. The van der Waals surface area contributed by atoms with Crippen LogP contribution in [0.2, 0.25) is 0 Å². The van der Waals surface area contributed by atoms with Crippen LogP contribution in [-0.2, 0) is 33.7 Å². The maximum absolute atomic E-state index is 14.4. The molecule has 4 aliphatic rings. The van der Waals surface area contributed by atoms with Gasteiger partial charge in [0.15, 0.2) is 11.6 Å². The Kier molecular flexibility index (Phi) is 7.58. The zero-order valence-electron chi connectivity index (χ0n) is 23.7. The normalized spacial score (nSPS) is 21.2. The molecule has 4 heterocycles. The highest BCUT2D eigenvalue weighted by molar-refractivity contribution is 6.10. The molecule has 0 radical (unpaired) electrons. The number of rotatable bonds is 5. The van der Waals surface area contributed by atoms with Gasteiger partial charge in [0, 0.05) is 86.8 Å². The number of alkyl halides is 2. The van der Waals surface area contributed by atoms with Gasteiger partial charge in [0.2, 0.25) is 5.91 Å². The Bertz CT molecular complexity index is 1370. The molecule has 2 fully saturated rings. The first kappa shape index (κ1) is 27.8. The smallest absolute Gasteiger partial charge is 0.264 e. The fourth-order valence-electron chi connectivity index (χ4n) is 6.93. The number of benzene rings is 1. The van der Waals surface area contributed by atoms with Crippen molar-refractivity contribution >= 4 is 29.2 Å². The molecule has 0 bridgehead atoms. The van der Waals surface area contributed by atoms with Gasteiger partial charge in [-0.1, -0.05) is 0 Å². The highest BCUT2D eigenvalue weighted by atomic mass is 19.3. The summed E-state index contributed by atoms with van der Waals surface area (Å²) in [6.45, 7) is 4.62. The quantitative estimate of drug-likeness (QED) is 0.527. The van der Waals surface area contributed by atoms with Crippen molar-refractivity contribution in [3.8, 4) is 0 Å². The zero-order valence-corrected chi connectivity index (χ0v) is 23.7. The van der Waals surface area contributed by atoms with Crippen molar-refractivity contribution in [1.82, 2.24) is 14.7 Å². The van der Waals surface area contributed by atoms with Gasteiger partial charge in [-0.05, 0) is 48.9 Å². The van der Waals surface area contributed by atoms with Crippen LogP contribution in [0, 0.1) is 0 Å². The molecule has 41 heavy (non-hydrogen) atoms. The van der Waals surface area contributed by atoms with Crippen molar-refractivity contribution in [2.24, 2.45) is 10.7 Å². The number of fused-ring (bicyclic) bond motifs is 2. The maximum Gasteiger partial charge on any atom is 0.264 e. The number of carbonyl (C=O) groups is 1. The summed E-state index contributed by atoms with van der Waals surface area (Å²) in [7, 11) is 1.59. The average Bonchev–Trinajstić information content (AvgIpc) is 3.60. The Balaban J connectivity index is 1.42. The molecule has 6 rings (SSSR count). The number of halogens is 2. The van der Waals surface area contributed by atoms with E-state index >= 15 is 0 Å². The number of aliphatic imine (C=N–C) groups is 1. The van der Waals surface area contributed by atoms with Crippen LogP contribution in [0.5, 0.6) is 0 Å². The van der Waals surface area contributed by atoms with Crippen LogP contribution in [0.4, 0.5) is 20.3 Å². The van der Waals surface area contributed by atoms with Gasteiger partial charge in [0.1, 0.15) is 0 Å². The molecular formula is C30H38F2N6O3. The minimum Gasteiger partial charge on any atom is -0.404 e. The molecule has 1 aromatic carbocycles. The highest BCUT2D eigenvalue weighted by Gasteiger charge is 2.42. The molecule has 1 aromatic heterocycles. The third kappa shape index (κ3) is 5.03. The van der Waals surface area contributed by atoms with Crippen molar-refractivity contribution in [2.75, 3.05) is 38.3 Å². The first-order valence-electron chi connectivity index (χ1n) is 14.5. The van der Waals surface area contributed by atoms with Gasteiger partial charge in [-0.25, -0.2) is 8.78 Å². The van der Waals surface area contributed by atoms with Crippen LogP contribution in [0.1, 0.15) is 79.4 Å². The average molecular weight is 569 g/mol. The van der Waals surface area contributed by atoms with Gasteiger partial charge in [-0.3, -0.25) is 14.5 Å². The van der Waals surface area contributed by atoms with E-state index in [1.54, 1.807) is 20.0 Å². The molecule has 0 unspecified atom stereocenters. The third-order valence-electron chi connectivity index (χ3n) is 9.01. The van der Waals surface area contributed by atoms with Crippen LogP contribution >= 0.6 is 0 Å². The minimum atomic E-state index is -2.69. The number of ether oxygens (including phenoxy) is 2. The Labute approximate surface area is 239 Å².